The van der Waals surface area contributed by atoms with Crippen LogP contribution in [-0.4, -0.2) is 34.5 Å². The second-order valence-corrected chi connectivity index (χ2v) is 3.70. The first kappa shape index (κ1) is 9.65. The lowest BCUT2D eigenvalue weighted by atomic mass is 10.3. The number of nitrogens with zero attached hydrogens (tertiary/aromatic N) is 4. The van der Waals surface area contributed by atoms with Gasteiger partial charge >= 0.3 is 0 Å². The standard InChI is InChI=1S/C7H7ClN4OS/c8-6-7(11-14-10-6)12-1-2-13-5(3-9)4-12/h5H,1-2,4H2. The number of nitriles is 1. The zero-order valence-corrected chi connectivity index (χ0v) is 8.75. The van der Waals surface area contributed by atoms with Crippen molar-refractivity contribution in [2.24, 2.45) is 0 Å². The molecule has 0 aliphatic carbocycles. The first-order valence-corrected chi connectivity index (χ1v) is 5.16. The van der Waals surface area contributed by atoms with Crippen LogP contribution in [0.3, 0.4) is 0 Å². The third-order valence-electron chi connectivity index (χ3n) is 1.94. The summed E-state index contributed by atoms with van der Waals surface area (Å²) in [6.45, 7) is 1.72. The summed E-state index contributed by atoms with van der Waals surface area (Å²) >= 11 is 6.91. The normalized spacial score (nSPS) is 22.0. The molecule has 1 aromatic heterocycles. The van der Waals surface area contributed by atoms with E-state index in [1.165, 1.54) is 0 Å². The second-order valence-electron chi connectivity index (χ2n) is 2.81. The topological polar surface area (TPSA) is 62.0 Å². The molecule has 0 bridgehead atoms. The molecule has 0 N–H and O–H groups in total. The predicted octanol–water partition coefficient (Wildman–Crippen LogP) is 0.920. The van der Waals surface area contributed by atoms with Gasteiger partial charge in [-0.3, -0.25) is 0 Å². The van der Waals surface area contributed by atoms with Crippen molar-refractivity contribution in [2.45, 2.75) is 6.10 Å². The molecule has 2 heterocycles. The van der Waals surface area contributed by atoms with Crippen molar-refractivity contribution in [3.05, 3.63) is 5.15 Å². The highest BCUT2D eigenvalue weighted by molar-refractivity contribution is 6.99. The number of rotatable bonds is 1. The molecule has 2 rings (SSSR count). The van der Waals surface area contributed by atoms with Crippen molar-refractivity contribution in [3.8, 4) is 6.07 Å². The molecule has 1 fully saturated rings. The minimum atomic E-state index is -0.401. The summed E-state index contributed by atoms with van der Waals surface area (Å²) in [5.74, 6) is 0.653. The monoisotopic (exact) mass is 230 g/mol. The van der Waals surface area contributed by atoms with E-state index in [1.807, 2.05) is 4.90 Å². The maximum absolute atomic E-state index is 8.71. The molecule has 14 heavy (non-hydrogen) atoms. The van der Waals surface area contributed by atoms with E-state index in [2.05, 4.69) is 14.8 Å². The number of hydrogen-bond donors (Lipinski definition) is 0. The molecule has 1 aromatic rings. The van der Waals surface area contributed by atoms with Crippen LogP contribution in [0, 0.1) is 11.3 Å². The van der Waals surface area contributed by atoms with Crippen LogP contribution >= 0.6 is 23.3 Å². The Kier molecular flexibility index (Phi) is 2.82. The average molecular weight is 231 g/mol. The van der Waals surface area contributed by atoms with E-state index in [9.17, 15) is 0 Å². The first-order valence-electron chi connectivity index (χ1n) is 4.05. The SMILES string of the molecule is N#CC1CN(c2nsnc2Cl)CCO1. The zero-order valence-electron chi connectivity index (χ0n) is 7.18. The molecule has 1 aliphatic heterocycles. The number of morpholine rings is 1. The van der Waals surface area contributed by atoms with Gasteiger partial charge in [0.05, 0.1) is 30.9 Å². The lowest BCUT2D eigenvalue weighted by molar-refractivity contribution is 0.0762. The number of hydrogen-bond acceptors (Lipinski definition) is 6. The Morgan fingerprint density at radius 3 is 3.14 bits per heavy atom. The van der Waals surface area contributed by atoms with E-state index in [-0.39, 0.29) is 0 Å². The highest BCUT2D eigenvalue weighted by atomic mass is 35.5. The Balaban J connectivity index is 2.12. The zero-order chi connectivity index (χ0) is 9.97. The van der Waals surface area contributed by atoms with Gasteiger partial charge in [-0.1, -0.05) is 11.6 Å². The van der Waals surface area contributed by atoms with Gasteiger partial charge in [0.1, 0.15) is 0 Å². The van der Waals surface area contributed by atoms with Gasteiger partial charge in [-0.05, 0) is 0 Å². The largest absolute Gasteiger partial charge is 0.360 e. The minimum Gasteiger partial charge on any atom is -0.360 e. The molecule has 0 aromatic carbocycles. The van der Waals surface area contributed by atoms with Crippen LogP contribution in [0.4, 0.5) is 5.82 Å². The molecule has 0 amide bonds. The molecule has 7 heteroatoms. The lowest BCUT2D eigenvalue weighted by Gasteiger charge is -2.29. The van der Waals surface area contributed by atoms with Gasteiger partial charge in [0.2, 0.25) is 0 Å². The van der Waals surface area contributed by atoms with E-state index >= 15 is 0 Å². The van der Waals surface area contributed by atoms with Gasteiger partial charge < -0.3 is 9.64 Å². The molecule has 1 atom stereocenters. The van der Waals surface area contributed by atoms with Gasteiger partial charge in [-0.25, -0.2) is 0 Å². The van der Waals surface area contributed by atoms with Crippen LogP contribution in [0.1, 0.15) is 0 Å². The van der Waals surface area contributed by atoms with Gasteiger partial charge in [0, 0.05) is 6.54 Å². The molecule has 0 saturated carbocycles. The molecule has 74 valence electrons. The number of ether oxygens (including phenoxy) is 1. The second kappa shape index (κ2) is 4.09. The molecule has 0 radical (unpaired) electrons. The summed E-state index contributed by atoms with van der Waals surface area (Å²) in [5.41, 5.74) is 0. The van der Waals surface area contributed by atoms with Crippen LogP contribution in [0.2, 0.25) is 5.15 Å². The number of halogens is 1. The van der Waals surface area contributed by atoms with Crippen molar-refractivity contribution in [3.63, 3.8) is 0 Å². The summed E-state index contributed by atoms with van der Waals surface area (Å²) < 4.78 is 13.1. The molecule has 1 aliphatic rings. The van der Waals surface area contributed by atoms with Crippen LogP contribution in [0.25, 0.3) is 0 Å². The molecule has 5 nitrogen and oxygen atoms in total. The van der Waals surface area contributed by atoms with E-state index in [0.29, 0.717) is 30.7 Å². The van der Waals surface area contributed by atoms with Gasteiger partial charge in [0.15, 0.2) is 17.1 Å². The van der Waals surface area contributed by atoms with Crippen molar-refractivity contribution >= 4 is 29.1 Å². The van der Waals surface area contributed by atoms with Crippen molar-refractivity contribution in [1.82, 2.24) is 8.75 Å². The van der Waals surface area contributed by atoms with E-state index in [1.54, 1.807) is 0 Å². The Morgan fingerprint density at radius 2 is 2.50 bits per heavy atom. The van der Waals surface area contributed by atoms with Crippen LogP contribution in [0.15, 0.2) is 0 Å². The Bertz CT molecular complexity index is 363. The fraction of sp³-hybridized carbons (Fsp3) is 0.571. The van der Waals surface area contributed by atoms with E-state index in [0.717, 1.165) is 11.7 Å². The minimum absolute atomic E-state index is 0.397. The third-order valence-corrected chi connectivity index (χ3v) is 2.82. The van der Waals surface area contributed by atoms with Gasteiger partial charge in [0.25, 0.3) is 0 Å². The molecule has 1 unspecified atom stereocenters. The fourth-order valence-electron chi connectivity index (χ4n) is 1.28. The highest BCUT2D eigenvalue weighted by Gasteiger charge is 2.23. The molecule has 0 spiro atoms. The fourth-order valence-corrected chi connectivity index (χ4v) is 2.06. The Labute approximate surface area is 90.2 Å². The van der Waals surface area contributed by atoms with Crippen LogP contribution in [0.5, 0.6) is 0 Å². The Morgan fingerprint density at radius 1 is 1.64 bits per heavy atom. The smallest absolute Gasteiger partial charge is 0.187 e. The summed E-state index contributed by atoms with van der Waals surface area (Å²) in [6, 6.07) is 2.06. The predicted molar refractivity (Wildman–Crippen MR) is 52.5 cm³/mol. The molecular formula is C7H7ClN4OS. The highest BCUT2D eigenvalue weighted by Crippen LogP contribution is 2.24. The Hall–Kier alpha value is -0.900. The van der Waals surface area contributed by atoms with Crippen molar-refractivity contribution in [1.29, 1.82) is 5.26 Å². The summed E-state index contributed by atoms with van der Waals surface area (Å²) in [4.78, 5) is 1.92. The summed E-state index contributed by atoms with van der Waals surface area (Å²) in [5, 5.41) is 9.10. The maximum Gasteiger partial charge on any atom is 0.187 e. The molecular weight excluding hydrogens is 224 g/mol. The third kappa shape index (κ3) is 1.80. The quantitative estimate of drug-likeness (QED) is 0.718. The molecule has 1 saturated heterocycles. The van der Waals surface area contributed by atoms with Gasteiger partial charge in [-0.2, -0.15) is 14.0 Å². The maximum atomic E-state index is 8.71. The van der Waals surface area contributed by atoms with Gasteiger partial charge in [-0.15, -0.1) is 0 Å². The van der Waals surface area contributed by atoms with E-state index < -0.39 is 6.10 Å². The van der Waals surface area contributed by atoms with Crippen molar-refractivity contribution < 1.29 is 4.74 Å². The summed E-state index contributed by atoms with van der Waals surface area (Å²) in [6.07, 6.45) is -0.401. The first-order chi connectivity index (χ1) is 6.81. The summed E-state index contributed by atoms with van der Waals surface area (Å²) in [7, 11) is 0. The average Bonchev–Trinajstić information content (AvgIpc) is 2.65. The number of aromatic nitrogens is 2. The lowest BCUT2D eigenvalue weighted by Crippen LogP contribution is -2.42. The van der Waals surface area contributed by atoms with E-state index in [4.69, 9.17) is 21.6 Å². The van der Waals surface area contributed by atoms with Crippen LogP contribution in [-0.2, 0) is 4.74 Å². The number of anilines is 1. The van der Waals surface area contributed by atoms with Crippen molar-refractivity contribution in [2.75, 3.05) is 24.6 Å². The van der Waals surface area contributed by atoms with Crippen LogP contribution < -0.4 is 4.90 Å².